The summed E-state index contributed by atoms with van der Waals surface area (Å²) in [4.78, 5) is 37.6. The zero-order chi connectivity index (χ0) is 24.8. The van der Waals surface area contributed by atoms with Gasteiger partial charge in [-0.05, 0) is 40.1 Å². The fraction of sp³-hybridized carbons (Fsp3) is 0.296. The molecular formula is C27H28N2O5S. The van der Waals surface area contributed by atoms with Gasteiger partial charge in [-0.2, -0.15) is 0 Å². The van der Waals surface area contributed by atoms with Crippen molar-refractivity contribution >= 4 is 29.3 Å². The summed E-state index contributed by atoms with van der Waals surface area (Å²) in [5, 5.41) is 16.6. The van der Waals surface area contributed by atoms with E-state index >= 15 is 0 Å². The van der Waals surface area contributed by atoms with Crippen molar-refractivity contribution in [1.29, 1.82) is 0 Å². The molecule has 1 aliphatic rings. The number of carboxylic acids is 1. The molecule has 0 bridgehead atoms. The Morgan fingerprint density at radius 1 is 1.00 bits per heavy atom. The lowest BCUT2D eigenvalue weighted by Crippen LogP contribution is -2.42. The Hall–Kier alpha value is -3.65. The number of carbonyl (C=O) groups is 3. The molecule has 0 saturated heterocycles. The Balaban J connectivity index is 1.34. The van der Waals surface area contributed by atoms with Gasteiger partial charge in [-0.25, -0.2) is 9.59 Å². The van der Waals surface area contributed by atoms with Gasteiger partial charge in [-0.15, -0.1) is 11.3 Å². The number of rotatable bonds is 10. The minimum Gasteiger partial charge on any atom is -0.479 e. The smallest absolute Gasteiger partial charge is 0.407 e. The number of thiophene rings is 1. The summed E-state index contributed by atoms with van der Waals surface area (Å²) in [6, 6.07) is 18.5. The summed E-state index contributed by atoms with van der Waals surface area (Å²) >= 11 is 1.27. The van der Waals surface area contributed by atoms with E-state index in [0.717, 1.165) is 22.3 Å². The van der Waals surface area contributed by atoms with E-state index < -0.39 is 29.9 Å². The van der Waals surface area contributed by atoms with Crippen LogP contribution in [0.5, 0.6) is 0 Å². The molecule has 1 aromatic heterocycles. The lowest BCUT2D eigenvalue weighted by molar-refractivity contribution is -0.142. The molecule has 1 aliphatic carbocycles. The molecule has 35 heavy (non-hydrogen) atoms. The Labute approximate surface area is 208 Å². The van der Waals surface area contributed by atoms with Crippen molar-refractivity contribution in [3.05, 3.63) is 82.0 Å². The summed E-state index contributed by atoms with van der Waals surface area (Å²) in [7, 11) is 0. The van der Waals surface area contributed by atoms with Crippen molar-refractivity contribution in [2.75, 3.05) is 13.2 Å². The molecule has 2 aromatic carbocycles. The molecule has 4 rings (SSSR count). The van der Waals surface area contributed by atoms with Gasteiger partial charge in [0.25, 0.3) is 0 Å². The van der Waals surface area contributed by atoms with Crippen LogP contribution in [0, 0.1) is 5.92 Å². The maximum Gasteiger partial charge on any atom is 0.407 e. The number of carbonyl (C=O) groups excluding carboxylic acids is 2. The van der Waals surface area contributed by atoms with Crippen LogP contribution in [0.3, 0.4) is 0 Å². The maximum absolute atomic E-state index is 12.8. The van der Waals surface area contributed by atoms with Crippen molar-refractivity contribution in [2.45, 2.75) is 31.7 Å². The average molecular weight is 493 g/mol. The first-order valence-corrected chi connectivity index (χ1v) is 12.5. The monoisotopic (exact) mass is 492 g/mol. The van der Waals surface area contributed by atoms with Crippen LogP contribution >= 0.6 is 11.3 Å². The first-order valence-electron chi connectivity index (χ1n) is 11.6. The van der Waals surface area contributed by atoms with Crippen LogP contribution in [0.15, 0.2) is 66.0 Å². The van der Waals surface area contributed by atoms with Crippen molar-refractivity contribution < 1.29 is 24.2 Å². The van der Waals surface area contributed by atoms with Crippen molar-refractivity contribution in [1.82, 2.24) is 10.6 Å². The zero-order valence-electron chi connectivity index (χ0n) is 19.4. The van der Waals surface area contributed by atoms with Crippen LogP contribution in [0.1, 0.15) is 47.7 Å². The molecule has 2 atom stereocenters. The van der Waals surface area contributed by atoms with Gasteiger partial charge in [0.05, 0.1) is 5.92 Å². The van der Waals surface area contributed by atoms with Gasteiger partial charge in [-0.3, -0.25) is 4.79 Å². The van der Waals surface area contributed by atoms with Gasteiger partial charge in [0.15, 0.2) is 6.04 Å². The van der Waals surface area contributed by atoms with Crippen molar-refractivity contribution in [3.63, 3.8) is 0 Å². The van der Waals surface area contributed by atoms with Gasteiger partial charge >= 0.3 is 12.1 Å². The largest absolute Gasteiger partial charge is 0.479 e. The van der Waals surface area contributed by atoms with E-state index in [1.807, 2.05) is 31.2 Å². The number of hydrogen-bond acceptors (Lipinski definition) is 5. The number of aliphatic carboxylic acids is 1. The number of alkyl carbamates (subject to hydrolysis) is 1. The van der Waals surface area contributed by atoms with E-state index in [4.69, 9.17) is 4.74 Å². The van der Waals surface area contributed by atoms with Gasteiger partial charge in [-0.1, -0.05) is 67.9 Å². The average Bonchev–Trinajstić information content (AvgIpc) is 3.50. The molecule has 0 radical (unpaired) electrons. The molecule has 3 N–H and O–H groups in total. The Morgan fingerprint density at radius 3 is 2.23 bits per heavy atom. The first-order chi connectivity index (χ1) is 17.0. The summed E-state index contributed by atoms with van der Waals surface area (Å²) in [6.45, 7) is 2.18. The molecule has 2 amide bonds. The topological polar surface area (TPSA) is 105 Å². The van der Waals surface area contributed by atoms with Crippen LogP contribution < -0.4 is 10.6 Å². The van der Waals surface area contributed by atoms with E-state index in [1.54, 1.807) is 17.5 Å². The number of benzene rings is 2. The Kier molecular flexibility index (Phi) is 7.82. The fourth-order valence-electron chi connectivity index (χ4n) is 4.50. The van der Waals surface area contributed by atoms with Gasteiger partial charge in [0, 0.05) is 17.3 Å². The van der Waals surface area contributed by atoms with Crippen LogP contribution in [-0.4, -0.2) is 36.2 Å². The molecule has 182 valence electrons. The normalized spacial score (nSPS) is 13.9. The van der Waals surface area contributed by atoms with E-state index in [0.29, 0.717) is 17.7 Å². The quantitative estimate of drug-likeness (QED) is 0.372. The number of nitrogens with one attached hydrogen (secondary N) is 2. The second-order valence-corrected chi connectivity index (χ2v) is 9.47. The number of hydrogen-bond donors (Lipinski definition) is 3. The van der Waals surface area contributed by atoms with E-state index in [-0.39, 0.29) is 19.1 Å². The summed E-state index contributed by atoms with van der Waals surface area (Å²) in [5.74, 6) is -2.15. The minimum atomic E-state index is -1.12. The van der Waals surface area contributed by atoms with Crippen LogP contribution in [0.25, 0.3) is 11.1 Å². The first kappa shape index (κ1) is 24.5. The number of ether oxygens (including phenoxy) is 1. The third-order valence-corrected chi connectivity index (χ3v) is 7.14. The molecule has 0 spiro atoms. The van der Waals surface area contributed by atoms with Gasteiger partial charge < -0.3 is 20.5 Å². The molecule has 0 fully saturated rings. The fourth-order valence-corrected chi connectivity index (χ4v) is 5.27. The number of carboxylic acid groups (broad SMARTS) is 1. The highest BCUT2D eigenvalue weighted by Gasteiger charge is 2.30. The highest BCUT2D eigenvalue weighted by molar-refractivity contribution is 7.10. The lowest BCUT2D eigenvalue weighted by Gasteiger charge is -2.20. The predicted octanol–water partition coefficient (Wildman–Crippen LogP) is 4.95. The molecule has 7 nitrogen and oxygen atoms in total. The minimum absolute atomic E-state index is 0.0509. The molecular weight excluding hydrogens is 464 g/mol. The Morgan fingerprint density at radius 2 is 1.66 bits per heavy atom. The second-order valence-electron chi connectivity index (χ2n) is 8.49. The van der Waals surface area contributed by atoms with E-state index in [2.05, 4.69) is 34.9 Å². The molecule has 0 aliphatic heterocycles. The third kappa shape index (κ3) is 5.54. The SMILES string of the molecule is CCCC(CNC(=O)OCC1c2ccccc2-c2ccccc21)C(=O)NC(C(=O)O)c1cccs1. The predicted molar refractivity (Wildman–Crippen MR) is 134 cm³/mol. The molecule has 8 heteroatoms. The maximum atomic E-state index is 12.8. The standard InChI is InChI=1S/C27H28N2O5S/c1-2-8-17(25(30)29-24(26(31)32)23-13-7-14-35-23)15-28-27(33)34-16-22-20-11-5-3-9-18(20)19-10-4-6-12-21(19)22/h3-7,9-14,17,22,24H,2,8,15-16H2,1H3,(H,28,33)(H,29,30)(H,31,32). The molecule has 1 heterocycles. The van der Waals surface area contributed by atoms with Gasteiger partial charge in [0.2, 0.25) is 5.91 Å². The Bertz CT molecular complexity index is 1150. The zero-order valence-corrected chi connectivity index (χ0v) is 20.2. The molecule has 2 unspecified atom stereocenters. The summed E-state index contributed by atoms with van der Waals surface area (Å²) < 4.78 is 5.55. The van der Waals surface area contributed by atoms with E-state index in [9.17, 15) is 19.5 Å². The lowest BCUT2D eigenvalue weighted by atomic mass is 9.98. The van der Waals surface area contributed by atoms with E-state index in [1.165, 1.54) is 11.3 Å². The van der Waals surface area contributed by atoms with Crippen molar-refractivity contribution in [2.24, 2.45) is 5.92 Å². The highest BCUT2D eigenvalue weighted by Crippen LogP contribution is 2.44. The molecule has 0 saturated carbocycles. The summed E-state index contributed by atoms with van der Waals surface area (Å²) in [6.07, 6.45) is 0.613. The van der Waals surface area contributed by atoms with Gasteiger partial charge in [0.1, 0.15) is 6.61 Å². The highest BCUT2D eigenvalue weighted by atomic mass is 32.1. The number of amides is 2. The van der Waals surface area contributed by atoms with Crippen LogP contribution in [0.4, 0.5) is 4.79 Å². The van der Waals surface area contributed by atoms with Crippen LogP contribution in [0.2, 0.25) is 0 Å². The second kappa shape index (κ2) is 11.2. The van der Waals surface area contributed by atoms with Crippen molar-refractivity contribution in [3.8, 4) is 11.1 Å². The third-order valence-electron chi connectivity index (χ3n) is 6.21. The molecule has 3 aromatic rings. The van der Waals surface area contributed by atoms with Crippen LogP contribution in [-0.2, 0) is 14.3 Å². The summed E-state index contributed by atoms with van der Waals surface area (Å²) in [5.41, 5.74) is 4.54. The number of fused-ring (bicyclic) bond motifs is 3.